The van der Waals surface area contributed by atoms with Crippen LogP contribution in [0.2, 0.25) is 0 Å². The molecule has 1 saturated heterocycles. The van der Waals surface area contributed by atoms with Crippen LogP contribution in [0.4, 0.5) is 5.82 Å². The highest BCUT2D eigenvalue weighted by Gasteiger charge is 2.26. The third-order valence-corrected chi connectivity index (χ3v) is 5.54. The summed E-state index contributed by atoms with van der Waals surface area (Å²) in [5.74, 6) is 0.648. The average molecular weight is 333 g/mol. The van der Waals surface area contributed by atoms with Crippen molar-refractivity contribution in [3.8, 4) is 0 Å². The Hall–Kier alpha value is -1.96. The summed E-state index contributed by atoms with van der Waals surface area (Å²) < 4.78 is 31.6. The number of benzene rings is 1. The Balaban J connectivity index is 1.66. The lowest BCUT2D eigenvalue weighted by Gasteiger charge is -2.25. The van der Waals surface area contributed by atoms with Crippen LogP contribution in [0.15, 0.2) is 53.6 Å². The fourth-order valence-electron chi connectivity index (χ4n) is 2.36. The van der Waals surface area contributed by atoms with Gasteiger partial charge in [-0.3, -0.25) is 0 Å². The van der Waals surface area contributed by atoms with Crippen LogP contribution in [-0.4, -0.2) is 44.0 Å². The summed E-state index contributed by atoms with van der Waals surface area (Å²) in [5.41, 5.74) is 1.14. The minimum absolute atomic E-state index is 0.213. The molecule has 122 valence electrons. The Morgan fingerprint density at radius 2 is 1.83 bits per heavy atom. The first-order valence-electron chi connectivity index (χ1n) is 7.48. The van der Waals surface area contributed by atoms with Gasteiger partial charge in [0.05, 0.1) is 13.2 Å². The summed E-state index contributed by atoms with van der Waals surface area (Å²) in [6, 6.07) is 13.2. The maximum absolute atomic E-state index is 12.5. The summed E-state index contributed by atoms with van der Waals surface area (Å²) in [6.45, 7) is 2.28. The smallest absolute Gasteiger partial charge is 0.244 e. The Morgan fingerprint density at radius 1 is 1.09 bits per heavy atom. The first-order chi connectivity index (χ1) is 11.2. The molecule has 1 aliphatic heterocycles. The quantitative estimate of drug-likeness (QED) is 0.902. The van der Waals surface area contributed by atoms with E-state index in [9.17, 15) is 8.42 Å². The van der Waals surface area contributed by atoms with Crippen molar-refractivity contribution >= 4 is 15.8 Å². The van der Waals surface area contributed by atoms with Gasteiger partial charge in [-0.1, -0.05) is 30.3 Å². The van der Waals surface area contributed by atoms with Gasteiger partial charge in [0.1, 0.15) is 10.7 Å². The third-order valence-electron chi connectivity index (χ3n) is 3.66. The van der Waals surface area contributed by atoms with Crippen LogP contribution in [-0.2, 0) is 21.3 Å². The highest BCUT2D eigenvalue weighted by molar-refractivity contribution is 7.89. The zero-order chi connectivity index (χ0) is 16.1. The van der Waals surface area contributed by atoms with Gasteiger partial charge in [-0.2, -0.15) is 4.31 Å². The number of sulfonamides is 1. The van der Waals surface area contributed by atoms with E-state index in [0.717, 1.165) is 5.56 Å². The fourth-order valence-corrected chi connectivity index (χ4v) is 3.72. The largest absolute Gasteiger partial charge is 0.379 e. The number of anilines is 1. The molecule has 0 spiro atoms. The number of nitrogens with one attached hydrogen (secondary N) is 1. The molecule has 2 heterocycles. The van der Waals surface area contributed by atoms with Crippen LogP contribution in [0, 0.1) is 0 Å². The molecule has 0 radical (unpaired) electrons. The van der Waals surface area contributed by atoms with Gasteiger partial charge >= 0.3 is 0 Å². The average Bonchev–Trinajstić information content (AvgIpc) is 2.62. The van der Waals surface area contributed by atoms with Crippen molar-refractivity contribution in [3.05, 3.63) is 54.2 Å². The van der Waals surface area contributed by atoms with Crippen molar-refractivity contribution in [1.29, 1.82) is 0 Å². The van der Waals surface area contributed by atoms with Crippen molar-refractivity contribution in [2.24, 2.45) is 0 Å². The first-order valence-corrected chi connectivity index (χ1v) is 8.92. The number of hydrogen-bond acceptors (Lipinski definition) is 5. The lowest BCUT2D eigenvalue weighted by molar-refractivity contribution is 0.0730. The van der Waals surface area contributed by atoms with Crippen LogP contribution in [0.5, 0.6) is 0 Å². The molecular weight excluding hydrogens is 314 g/mol. The number of pyridine rings is 1. The summed E-state index contributed by atoms with van der Waals surface area (Å²) in [6.07, 6.45) is 1.40. The molecule has 0 amide bonds. The van der Waals surface area contributed by atoms with Crippen LogP contribution in [0.3, 0.4) is 0 Å². The molecule has 1 N–H and O–H groups in total. The van der Waals surface area contributed by atoms with E-state index in [1.165, 1.54) is 10.5 Å². The van der Waals surface area contributed by atoms with E-state index in [-0.39, 0.29) is 4.90 Å². The van der Waals surface area contributed by atoms with Gasteiger partial charge in [-0.15, -0.1) is 0 Å². The number of aromatic nitrogens is 1. The van der Waals surface area contributed by atoms with E-state index in [0.29, 0.717) is 38.7 Å². The standard InChI is InChI=1S/C16H19N3O3S/c20-23(21,19-8-10-22-11-9-19)15-6-7-16(18-13-15)17-12-14-4-2-1-3-5-14/h1-7,13H,8-12H2,(H,17,18). The van der Waals surface area contributed by atoms with E-state index < -0.39 is 10.0 Å². The molecule has 23 heavy (non-hydrogen) atoms. The van der Waals surface area contributed by atoms with Gasteiger partial charge < -0.3 is 10.1 Å². The first kappa shape index (κ1) is 15.9. The van der Waals surface area contributed by atoms with E-state index in [4.69, 9.17) is 4.74 Å². The van der Waals surface area contributed by atoms with E-state index in [2.05, 4.69) is 10.3 Å². The molecule has 1 aliphatic rings. The van der Waals surface area contributed by atoms with Crippen LogP contribution in [0.25, 0.3) is 0 Å². The van der Waals surface area contributed by atoms with E-state index in [1.54, 1.807) is 12.1 Å². The molecule has 0 saturated carbocycles. The zero-order valence-corrected chi connectivity index (χ0v) is 13.5. The lowest BCUT2D eigenvalue weighted by Crippen LogP contribution is -2.40. The van der Waals surface area contributed by atoms with E-state index >= 15 is 0 Å². The van der Waals surface area contributed by atoms with Crippen molar-refractivity contribution in [2.45, 2.75) is 11.4 Å². The molecule has 1 fully saturated rings. The molecule has 0 bridgehead atoms. The second kappa shape index (κ2) is 7.08. The molecule has 2 aromatic rings. The van der Waals surface area contributed by atoms with Gasteiger partial charge in [-0.25, -0.2) is 13.4 Å². The number of morpholine rings is 1. The third kappa shape index (κ3) is 3.87. The number of hydrogen-bond donors (Lipinski definition) is 1. The summed E-state index contributed by atoms with van der Waals surface area (Å²) >= 11 is 0. The summed E-state index contributed by atoms with van der Waals surface area (Å²) in [4.78, 5) is 4.42. The number of nitrogens with zero attached hydrogens (tertiary/aromatic N) is 2. The molecule has 1 aromatic carbocycles. The van der Waals surface area contributed by atoms with E-state index in [1.807, 2.05) is 30.3 Å². The topological polar surface area (TPSA) is 71.5 Å². The predicted octanol–water partition coefficient (Wildman–Crippen LogP) is 1.71. The molecule has 0 atom stereocenters. The van der Waals surface area contributed by atoms with Crippen molar-refractivity contribution in [3.63, 3.8) is 0 Å². The normalized spacial score (nSPS) is 16.2. The summed E-state index contributed by atoms with van der Waals surface area (Å²) in [7, 11) is -3.48. The van der Waals surface area contributed by atoms with Gasteiger partial charge in [0.25, 0.3) is 0 Å². The second-order valence-corrected chi connectivity index (χ2v) is 7.17. The molecule has 0 unspecified atom stereocenters. The maximum Gasteiger partial charge on any atom is 0.244 e. The molecule has 1 aromatic heterocycles. The molecular formula is C16H19N3O3S. The van der Waals surface area contributed by atoms with Crippen molar-refractivity contribution < 1.29 is 13.2 Å². The number of ether oxygens (including phenoxy) is 1. The monoisotopic (exact) mass is 333 g/mol. The molecule has 7 heteroatoms. The second-order valence-electron chi connectivity index (χ2n) is 5.23. The summed E-state index contributed by atoms with van der Waals surface area (Å²) in [5, 5.41) is 3.18. The Bertz CT molecular complexity index is 727. The van der Waals surface area contributed by atoms with Crippen molar-refractivity contribution in [1.82, 2.24) is 9.29 Å². The fraction of sp³-hybridized carbons (Fsp3) is 0.312. The Kier molecular flexibility index (Phi) is 4.90. The zero-order valence-electron chi connectivity index (χ0n) is 12.7. The van der Waals surface area contributed by atoms with Crippen molar-refractivity contribution in [2.75, 3.05) is 31.6 Å². The highest BCUT2D eigenvalue weighted by Crippen LogP contribution is 2.17. The van der Waals surface area contributed by atoms with Gasteiger partial charge in [0.15, 0.2) is 0 Å². The van der Waals surface area contributed by atoms with Gasteiger partial charge in [0.2, 0.25) is 10.0 Å². The molecule has 3 rings (SSSR count). The van der Waals surface area contributed by atoms with Crippen LogP contribution >= 0.6 is 0 Å². The van der Waals surface area contributed by atoms with Crippen LogP contribution < -0.4 is 5.32 Å². The SMILES string of the molecule is O=S(=O)(c1ccc(NCc2ccccc2)nc1)N1CCOCC1. The highest BCUT2D eigenvalue weighted by atomic mass is 32.2. The lowest BCUT2D eigenvalue weighted by atomic mass is 10.2. The maximum atomic E-state index is 12.5. The molecule has 0 aliphatic carbocycles. The minimum atomic E-state index is -3.48. The Labute approximate surface area is 136 Å². The van der Waals surface area contributed by atoms with Crippen LogP contribution in [0.1, 0.15) is 5.56 Å². The predicted molar refractivity (Wildman–Crippen MR) is 87.6 cm³/mol. The van der Waals surface area contributed by atoms with Gasteiger partial charge in [0, 0.05) is 25.8 Å². The minimum Gasteiger partial charge on any atom is -0.379 e. The Morgan fingerprint density at radius 3 is 2.48 bits per heavy atom. The molecule has 6 nitrogen and oxygen atoms in total. The number of rotatable bonds is 5. The van der Waals surface area contributed by atoms with Gasteiger partial charge in [-0.05, 0) is 17.7 Å².